The molecule has 2 aromatic carbocycles. The minimum absolute atomic E-state index is 0.0852. The fourth-order valence-corrected chi connectivity index (χ4v) is 3.45. The molecule has 1 aliphatic rings. The summed E-state index contributed by atoms with van der Waals surface area (Å²) >= 11 is 3.18. The number of nitrogens with zero attached hydrogens (tertiary/aromatic N) is 2. The van der Waals surface area contributed by atoms with Crippen molar-refractivity contribution in [1.29, 1.82) is 0 Å². The van der Waals surface area contributed by atoms with Gasteiger partial charge >= 0.3 is 6.61 Å². The van der Waals surface area contributed by atoms with Crippen LogP contribution in [0, 0.1) is 5.82 Å². The third-order valence-corrected chi connectivity index (χ3v) is 4.72. The standard InChI is InChI=1S/C17H12BrF3N2O2/c18-10-5-13-12(6-11(10)19)22-16-8-24-7-14(23(13)16)9-3-1-2-4-15(9)25-17(20)21/h1-6,14,17H,7-8H2. The van der Waals surface area contributed by atoms with Gasteiger partial charge in [-0.05, 0) is 28.1 Å². The molecule has 4 nitrogen and oxygen atoms in total. The maximum absolute atomic E-state index is 13.8. The van der Waals surface area contributed by atoms with E-state index in [-0.39, 0.29) is 19.0 Å². The van der Waals surface area contributed by atoms with Gasteiger partial charge in [-0.25, -0.2) is 9.37 Å². The Hall–Kier alpha value is -2.06. The van der Waals surface area contributed by atoms with E-state index in [1.54, 1.807) is 24.3 Å². The van der Waals surface area contributed by atoms with Crippen molar-refractivity contribution in [1.82, 2.24) is 9.55 Å². The first-order valence-electron chi connectivity index (χ1n) is 7.52. The van der Waals surface area contributed by atoms with Gasteiger partial charge in [-0.15, -0.1) is 0 Å². The number of aromatic nitrogens is 2. The third kappa shape index (κ3) is 2.89. The third-order valence-electron chi connectivity index (χ3n) is 4.12. The van der Waals surface area contributed by atoms with Crippen LogP contribution >= 0.6 is 15.9 Å². The molecule has 2 heterocycles. The highest BCUT2D eigenvalue weighted by Crippen LogP contribution is 2.36. The summed E-state index contributed by atoms with van der Waals surface area (Å²) in [5.41, 5.74) is 1.74. The lowest BCUT2D eigenvalue weighted by atomic mass is 10.0. The summed E-state index contributed by atoms with van der Waals surface area (Å²) in [6, 6.07) is 9.15. The Balaban J connectivity index is 1.89. The first kappa shape index (κ1) is 16.4. The van der Waals surface area contributed by atoms with Gasteiger partial charge in [-0.2, -0.15) is 8.78 Å². The van der Waals surface area contributed by atoms with Crippen LogP contribution in [0.15, 0.2) is 40.9 Å². The lowest BCUT2D eigenvalue weighted by Gasteiger charge is -2.28. The molecule has 0 fully saturated rings. The van der Waals surface area contributed by atoms with E-state index in [1.165, 1.54) is 12.1 Å². The predicted octanol–water partition coefficient (Wildman–Crippen LogP) is 4.66. The Morgan fingerprint density at radius 3 is 2.88 bits per heavy atom. The summed E-state index contributed by atoms with van der Waals surface area (Å²) in [6.45, 7) is -2.38. The maximum Gasteiger partial charge on any atom is 0.387 e. The highest BCUT2D eigenvalue weighted by atomic mass is 79.9. The van der Waals surface area contributed by atoms with Crippen molar-refractivity contribution < 1.29 is 22.6 Å². The van der Waals surface area contributed by atoms with Crippen molar-refractivity contribution in [3.05, 3.63) is 58.1 Å². The van der Waals surface area contributed by atoms with Crippen LogP contribution in [-0.4, -0.2) is 22.8 Å². The number of rotatable bonds is 3. The van der Waals surface area contributed by atoms with Crippen LogP contribution in [0.2, 0.25) is 0 Å². The molecule has 0 saturated carbocycles. The van der Waals surface area contributed by atoms with Crippen LogP contribution in [-0.2, 0) is 11.3 Å². The maximum atomic E-state index is 13.8. The predicted molar refractivity (Wildman–Crippen MR) is 88.3 cm³/mol. The number of benzene rings is 2. The Kier molecular flexibility index (Phi) is 4.16. The molecule has 1 aliphatic heterocycles. The van der Waals surface area contributed by atoms with Gasteiger partial charge in [0.05, 0.1) is 28.2 Å². The molecule has 0 saturated heterocycles. The number of imidazole rings is 1. The number of para-hydroxylation sites is 1. The van der Waals surface area contributed by atoms with E-state index in [0.717, 1.165) is 0 Å². The van der Waals surface area contributed by atoms with Crippen molar-refractivity contribution in [2.75, 3.05) is 6.61 Å². The zero-order valence-electron chi connectivity index (χ0n) is 12.8. The number of alkyl halides is 2. The summed E-state index contributed by atoms with van der Waals surface area (Å²) < 4.78 is 51.7. The Morgan fingerprint density at radius 1 is 1.28 bits per heavy atom. The largest absolute Gasteiger partial charge is 0.434 e. The van der Waals surface area contributed by atoms with Gasteiger partial charge in [0.2, 0.25) is 0 Å². The summed E-state index contributed by atoms with van der Waals surface area (Å²) in [4.78, 5) is 4.41. The molecule has 0 amide bonds. The van der Waals surface area contributed by atoms with Crippen molar-refractivity contribution in [2.24, 2.45) is 0 Å². The first-order chi connectivity index (χ1) is 12.0. The zero-order chi connectivity index (χ0) is 17.6. The van der Waals surface area contributed by atoms with E-state index in [9.17, 15) is 13.2 Å². The van der Waals surface area contributed by atoms with Crippen LogP contribution in [0.3, 0.4) is 0 Å². The minimum atomic E-state index is -2.92. The summed E-state index contributed by atoms with van der Waals surface area (Å²) in [5, 5.41) is 0. The summed E-state index contributed by atoms with van der Waals surface area (Å²) in [7, 11) is 0. The van der Waals surface area contributed by atoms with Crippen molar-refractivity contribution in [3.8, 4) is 5.75 Å². The van der Waals surface area contributed by atoms with E-state index >= 15 is 0 Å². The van der Waals surface area contributed by atoms with Crippen LogP contribution in [0.1, 0.15) is 17.4 Å². The minimum Gasteiger partial charge on any atom is -0.434 e. The van der Waals surface area contributed by atoms with Gasteiger partial charge in [0.15, 0.2) is 0 Å². The molecule has 1 aromatic heterocycles. The molecule has 0 radical (unpaired) electrons. The monoisotopic (exact) mass is 412 g/mol. The highest BCUT2D eigenvalue weighted by Gasteiger charge is 2.28. The molecule has 25 heavy (non-hydrogen) atoms. The second-order valence-corrected chi connectivity index (χ2v) is 6.45. The van der Waals surface area contributed by atoms with E-state index in [0.29, 0.717) is 26.9 Å². The van der Waals surface area contributed by atoms with Gasteiger partial charge in [0.25, 0.3) is 0 Å². The van der Waals surface area contributed by atoms with Crippen molar-refractivity contribution in [3.63, 3.8) is 0 Å². The fraction of sp³-hybridized carbons (Fsp3) is 0.235. The molecule has 130 valence electrons. The van der Waals surface area contributed by atoms with E-state index in [4.69, 9.17) is 4.74 Å². The molecule has 1 unspecified atom stereocenters. The smallest absolute Gasteiger partial charge is 0.387 e. The number of hydrogen-bond acceptors (Lipinski definition) is 3. The normalized spacial score (nSPS) is 17.1. The van der Waals surface area contributed by atoms with E-state index in [2.05, 4.69) is 25.7 Å². The Bertz CT molecular complexity index is 945. The molecular weight excluding hydrogens is 401 g/mol. The van der Waals surface area contributed by atoms with Crippen molar-refractivity contribution in [2.45, 2.75) is 19.3 Å². The topological polar surface area (TPSA) is 36.3 Å². The van der Waals surface area contributed by atoms with Gasteiger partial charge < -0.3 is 14.0 Å². The molecule has 0 aliphatic carbocycles. The number of hydrogen-bond donors (Lipinski definition) is 0. The Labute approximate surface area is 149 Å². The molecule has 0 bridgehead atoms. The van der Waals surface area contributed by atoms with Crippen molar-refractivity contribution >= 4 is 27.0 Å². The Morgan fingerprint density at radius 2 is 2.08 bits per heavy atom. The van der Waals surface area contributed by atoms with Crippen LogP contribution in [0.4, 0.5) is 13.2 Å². The van der Waals surface area contributed by atoms with Crippen LogP contribution in [0.5, 0.6) is 5.75 Å². The van der Waals surface area contributed by atoms with E-state index < -0.39 is 18.5 Å². The zero-order valence-corrected chi connectivity index (χ0v) is 14.3. The average Bonchev–Trinajstić information content (AvgIpc) is 2.93. The van der Waals surface area contributed by atoms with Crippen LogP contribution < -0.4 is 4.74 Å². The SMILES string of the molecule is Fc1cc2nc3n(c2cc1Br)C(c1ccccc1OC(F)F)COC3. The fourth-order valence-electron chi connectivity index (χ4n) is 3.11. The van der Waals surface area contributed by atoms with Gasteiger partial charge in [-0.3, -0.25) is 0 Å². The molecular formula is C17H12BrF3N2O2. The molecule has 0 N–H and O–H groups in total. The van der Waals surface area contributed by atoms with Crippen LogP contribution in [0.25, 0.3) is 11.0 Å². The second kappa shape index (κ2) is 6.34. The molecule has 0 spiro atoms. The van der Waals surface area contributed by atoms with Gasteiger partial charge in [-0.1, -0.05) is 18.2 Å². The van der Waals surface area contributed by atoms with Gasteiger partial charge in [0, 0.05) is 11.6 Å². The molecule has 4 rings (SSSR count). The number of ether oxygens (including phenoxy) is 2. The molecule has 8 heteroatoms. The van der Waals surface area contributed by atoms with Gasteiger partial charge in [0.1, 0.15) is 24.0 Å². The molecule has 3 aromatic rings. The summed E-state index contributed by atoms with van der Waals surface area (Å²) in [6.07, 6.45) is 0. The molecule has 1 atom stereocenters. The number of fused-ring (bicyclic) bond motifs is 3. The first-order valence-corrected chi connectivity index (χ1v) is 8.31. The lowest BCUT2D eigenvalue weighted by molar-refractivity contribution is -0.0512. The number of halogens is 4. The second-order valence-electron chi connectivity index (χ2n) is 5.60. The summed E-state index contributed by atoms with van der Waals surface area (Å²) in [5.74, 6) is 0.277. The average molecular weight is 413 g/mol. The van der Waals surface area contributed by atoms with E-state index in [1.807, 2.05) is 4.57 Å². The quantitative estimate of drug-likeness (QED) is 0.627. The highest BCUT2D eigenvalue weighted by molar-refractivity contribution is 9.10. The lowest BCUT2D eigenvalue weighted by Crippen LogP contribution is -2.25.